The Morgan fingerprint density at radius 1 is 1.06 bits per heavy atom. The van der Waals surface area contributed by atoms with E-state index in [9.17, 15) is 4.79 Å². The zero-order valence-electron chi connectivity index (χ0n) is 20.5. The summed E-state index contributed by atoms with van der Waals surface area (Å²) < 4.78 is 5.43. The van der Waals surface area contributed by atoms with Crippen molar-refractivity contribution in [3.05, 3.63) is 46.8 Å². The first kappa shape index (κ1) is 24.2. The highest BCUT2D eigenvalue weighted by Gasteiger charge is 2.24. The lowest BCUT2D eigenvalue weighted by molar-refractivity contribution is 0.0779. The second-order valence-electron chi connectivity index (χ2n) is 9.73. The van der Waals surface area contributed by atoms with Crippen LogP contribution in [0.25, 0.3) is 22.2 Å². The summed E-state index contributed by atoms with van der Waals surface area (Å²) in [5.74, 6) is 0.960. The molecule has 0 spiro atoms. The second kappa shape index (κ2) is 11.5. The molecule has 8 heteroatoms. The SMILES string of the molecule is Cc1ccc(-c2nc(-c3ccc(C(=O)NCCCN4CCN(C5CCCCC5)CC4)s3)no2)cc1. The topological polar surface area (TPSA) is 74.5 Å². The molecular weight excluding hydrogens is 458 g/mol. The summed E-state index contributed by atoms with van der Waals surface area (Å²) >= 11 is 1.39. The maximum absolute atomic E-state index is 12.6. The predicted molar refractivity (Wildman–Crippen MR) is 140 cm³/mol. The monoisotopic (exact) mass is 493 g/mol. The number of nitrogens with one attached hydrogen (secondary N) is 1. The minimum Gasteiger partial charge on any atom is -0.351 e. The van der Waals surface area contributed by atoms with Crippen LogP contribution in [0.4, 0.5) is 0 Å². The van der Waals surface area contributed by atoms with Crippen LogP contribution in [-0.4, -0.2) is 71.2 Å². The first-order valence-electron chi connectivity index (χ1n) is 12.9. The third-order valence-corrected chi connectivity index (χ3v) is 8.29. The molecule has 3 aromatic rings. The van der Waals surface area contributed by atoms with E-state index in [1.165, 1.54) is 62.1 Å². The zero-order valence-corrected chi connectivity index (χ0v) is 21.4. The van der Waals surface area contributed by atoms with Crippen molar-refractivity contribution in [1.82, 2.24) is 25.3 Å². The summed E-state index contributed by atoms with van der Waals surface area (Å²) in [7, 11) is 0. The number of aromatic nitrogens is 2. The fraction of sp³-hybridized carbons (Fsp3) is 0.519. The van der Waals surface area contributed by atoms with Gasteiger partial charge in [0.25, 0.3) is 11.8 Å². The molecule has 2 fully saturated rings. The first-order chi connectivity index (χ1) is 17.2. The van der Waals surface area contributed by atoms with E-state index in [0.29, 0.717) is 23.1 Å². The van der Waals surface area contributed by atoms with Crippen LogP contribution in [0.5, 0.6) is 0 Å². The van der Waals surface area contributed by atoms with Gasteiger partial charge in [-0.3, -0.25) is 9.69 Å². The molecule has 2 aliphatic rings. The molecule has 0 atom stereocenters. The van der Waals surface area contributed by atoms with Crippen molar-refractivity contribution in [2.75, 3.05) is 39.3 Å². The molecule has 1 aliphatic heterocycles. The minimum absolute atomic E-state index is 0.0365. The van der Waals surface area contributed by atoms with E-state index in [-0.39, 0.29) is 5.91 Å². The van der Waals surface area contributed by atoms with Crippen LogP contribution in [0.1, 0.15) is 53.8 Å². The second-order valence-corrected chi connectivity index (χ2v) is 10.8. The predicted octanol–water partition coefficient (Wildman–Crippen LogP) is 4.84. The third kappa shape index (κ3) is 6.18. The number of aryl methyl sites for hydroxylation is 1. The Kier molecular flexibility index (Phi) is 7.91. The third-order valence-electron chi connectivity index (χ3n) is 7.21. The van der Waals surface area contributed by atoms with Crippen molar-refractivity contribution in [2.45, 2.75) is 51.5 Å². The molecule has 1 aliphatic carbocycles. The molecule has 1 saturated carbocycles. The van der Waals surface area contributed by atoms with Gasteiger partial charge in [-0.2, -0.15) is 4.98 Å². The number of piperazine rings is 1. The number of nitrogens with zero attached hydrogens (tertiary/aromatic N) is 4. The largest absolute Gasteiger partial charge is 0.351 e. The van der Waals surface area contributed by atoms with Gasteiger partial charge >= 0.3 is 0 Å². The van der Waals surface area contributed by atoms with E-state index in [1.54, 1.807) is 0 Å². The summed E-state index contributed by atoms with van der Waals surface area (Å²) in [5, 5.41) is 7.17. The number of thiophene rings is 1. The van der Waals surface area contributed by atoms with Crippen molar-refractivity contribution >= 4 is 17.2 Å². The van der Waals surface area contributed by atoms with Crippen LogP contribution < -0.4 is 5.32 Å². The van der Waals surface area contributed by atoms with E-state index in [4.69, 9.17) is 4.52 Å². The number of benzene rings is 1. The molecule has 1 N–H and O–H groups in total. The van der Waals surface area contributed by atoms with Gasteiger partial charge in [-0.25, -0.2) is 0 Å². The van der Waals surface area contributed by atoms with Gasteiger partial charge in [-0.05, 0) is 57.0 Å². The lowest BCUT2D eigenvalue weighted by Gasteiger charge is -2.40. The number of rotatable bonds is 8. The summed E-state index contributed by atoms with van der Waals surface area (Å²) in [5.41, 5.74) is 2.07. The van der Waals surface area contributed by atoms with Gasteiger partial charge in [-0.15, -0.1) is 11.3 Å². The highest BCUT2D eigenvalue weighted by atomic mass is 32.1. The lowest BCUT2D eigenvalue weighted by atomic mass is 9.94. The van der Waals surface area contributed by atoms with Gasteiger partial charge in [0, 0.05) is 44.3 Å². The standard InChI is InChI=1S/C27H35N5O2S/c1-20-8-10-21(11-9-20)27-29-25(30-34-27)23-12-13-24(35-23)26(33)28-14-5-15-31-16-18-32(19-17-31)22-6-3-2-4-7-22/h8-13,22H,2-7,14-19H2,1H3,(H,28,33). The Labute approximate surface area is 211 Å². The van der Waals surface area contributed by atoms with Gasteiger partial charge in [0.15, 0.2) is 0 Å². The number of hydrogen-bond acceptors (Lipinski definition) is 7. The quantitative estimate of drug-likeness (QED) is 0.453. The molecule has 35 heavy (non-hydrogen) atoms. The molecule has 2 aromatic heterocycles. The Balaban J connectivity index is 1.04. The van der Waals surface area contributed by atoms with E-state index >= 15 is 0 Å². The molecule has 1 amide bonds. The molecule has 3 heterocycles. The number of hydrogen-bond donors (Lipinski definition) is 1. The van der Waals surface area contributed by atoms with E-state index in [2.05, 4.69) is 25.3 Å². The molecular formula is C27H35N5O2S. The summed E-state index contributed by atoms with van der Waals surface area (Å²) in [4.78, 5) is 23.9. The maximum Gasteiger partial charge on any atom is 0.261 e. The van der Waals surface area contributed by atoms with Crippen LogP contribution in [0.15, 0.2) is 40.9 Å². The van der Waals surface area contributed by atoms with Gasteiger partial charge in [0.1, 0.15) is 0 Å². The zero-order chi connectivity index (χ0) is 24.0. The smallest absolute Gasteiger partial charge is 0.261 e. The minimum atomic E-state index is -0.0365. The molecule has 186 valence electrons. The molecule has 0 bridgehead atoms. The molecule has 1 saturated heterocycles. The van der Waals surface area contributed by atoms with Crippen molar-refractivity contribution in [3.8, 4) is 22.2 Å². The number of carbonyl (C=O) groups excluding carboxylic acids is 1. The Bertz CT molecular complexity index is 1090. The summed E-state index contributed by atoms with van der Waals surface area (Å²) in [6, 6.07) is 12.5. The van der Waals surface area contributed by atoms with Gasteiger partial charge in [-0.1, -0.05) is 42.1 Å². The average molecular weight is 494 g/mol. The van der Waals surface area contributed by atoms with Crippen molar-refractivity contribution < 1.29 is 9.32 Å². The van der Waals surface area contributed by atoms with Crippen LogP contribution in [0, 0.1) is 6.92 Å². The van der Waals surface area contributed by atoms with Crippen molar-refractivity contribution in [2.24, 2.45) is 0 Å². The number of carbonyl (C=O) groups is 1. The fourth-order valence-corrected chi connectivity index (χ4v) is 5.96. The molecule has 0 radical (unpaired) electrons. The highest BCUT2D eigenvalue weighted by molar-refractivity contribution is 7.17. The Morgan fingerprint density at radius 2 is 1.83 bits per heavy atom. The highest BCUT2D eigenvalue weighted by Crippen LogP contribution is 2.28. The van der Waals surface area contributed by atoms with Gasteiger partial charge < -0.3 is 14.7 Å². The molecule has 5 rings (SSSR count). The van der Waals surface area contributed by atoms with Gasteiger partial charge in [0.2, 0.25) is 5.82 Å². The van der Waals surface area contributed by atoms with Crippen molar-refractivity contribution in [1.29, 1.82) is 0 Å². The molecule has 1 aromatic carbocycles. The van der Waals surface area contributed by atoms with E-state index in [1.807, 2.05) is 43.3 Å². The first-order valence-corrected chi connectivity index (χ1v) is 13.7. The van der Waals surface area contributed by atoms with E-state index in [0.717, 1.165) is 42.5 Å². The average Bonchev–Trinajstić information content (AvgIpc) is 3.58. The number of amides is 1. The van der Waals surface area contributed by atoms with Gasteiger partial charge in [0.05, 0.1) is 9.75 Å². The maximum atomic E-state index is 12.6. The van der Waals surface area contributed by atoms with Crippen LogP contribution >= 0.6 is 11.3 Å². The Morgan fingerprint density at radius 3 is 2.60 bits per heavy atom. The normalized spacial score (nSPS) is 18.1. The Hall–Kier alpha value is -2.55. The molecule has 7 nitrogen and oxygen atoms in total. The lowest BCUT2D eigenvalue weighted by Crippen LogP contribution is -2.51. The molecule has 0 unspecified atom stereocenters. The summed E-state index contributed by atoms with van der Waals surface area (Å²) in [6.07, 6.45) is 7.97. The van der Waals surface area contributed by atoms with E-state index < -0.39 is 0 Å². The summed E-state index contributed by atoms with van der Waals surface area (Å²) in [6.45, 7) is 8.45. The van der Waals surface area contributed by atoms with Crippen LogP contribution in [0.2, 0.25) is 0 Å². The van der Waals surface area contributed by atoms with Crippen LogP contribution in [0.3, 0.4) is 0 Å². The fourth-order valence-electron chi connectivity index (χ4n) is 5.11. The van der Waals surface area contributed by atoms with Crippen LogP contribution in [-0.2, 0) is 0 Å². The van der Waals surface area contributed by atoms with Crippen molar-refractivity contribution in [3.63, 3.8) is 0 Å².